The molecule has 1 aromatic heterocycles. The number of para-hydroxylation sites is 1. The van der Waals surface area contributed by atoms with Gasteiger partial charge >= 0.3 is 11.8 Å². The maximum absolute atomic E-state index is 11.7. The molecule has 0 radical (unpaired) electrons. The van der Waals surface area contributed by atoms with E-state index in [1.54, 1.807) is 23.6 Å². The molecule has 98 valence electrons. The van der Waals surface area contributed by atoms with Crippen LogP contribution in [0.2, 0.25) is 10.0 Å². The van der Waals surface area contributed by atoms with Gasteiger partial charge in [0.2, 0.25) is 0 Å². The molecule has 0 aliphatic carbocycles. The largest absolute Gasteiger partial charge is 0.315 e. The maximum atomic E-state index is 11.7. The van der Waals surface area contributed by atoms with Gasteiger partial charge in [0.15, 0.2) is 5.13 Å². The smallest absolute Gasteiger partial charge is 0.315 e. The van der Waals surface area contributed by atoms with E-state index in [2.05, 4.69) is 15.6 Å². The predicted molar refractivity (Wildman–Crippen MR) is 75.8 cm³/mol. The Bertz CT molecular complexity index is 596. The summed E-state index contributed by atoms with van der Waals surface area (Å²) in [4.78, 5) is 27.1. The second-order valence-corrected chi connectivity index (χ2v) is 5.05. The summed E-state index contributed by atoms with van der Waals surface area (Å²) >= 11 is 13.0. The van der Waals surface area contributed by atoms with Crippen molar-refractivity contribution in [2.45, 2.75) is 0 Å². The number of halogens is 2. The second kappa shape index (κ2) is 6.01. The Balaban J connectivity index is 2.07. The Hall–Kier alpha value is -1.63. The number of thiazole rings is 1. The van der Waals surface area contributed by atoms with Crippen LogP contribution in [0.5, 0.6) is 0 Å². The van der Waals surface area contributed by atoms with Crippen LogP contribution in [0.25, 0.3) is 0 Å². The van der Waals surface area contributed by atoms with Gasteiger partial charge < -0.3 is 5.32 Å². The van der Waals surface area contributed by atoms with E-state index < -0.39 is 11.8 Å². The maximum Gasteiger partial charge on any atom is 0.315 e. The molecular weight excluding hydrogens is 309 g/mol. The van der Waals surface area contributed by atoms with Crippen LogP contribution in [0.4, 0.5) is 10.8 Å². The minimum atomic E-state index is -0.870. The van der Waals surface area contributed by atoms with Crippen LogP contribution in [0, 0.1) is 0 Å². The number of amides is 2. The SMILES string of the molecule is O=C(Nc1nccs1)C(=O)Nc1c(Cl)cccc1Cl. The van der Waals surface area contributed by atoms with Gasteiger partial charge in [0.25, 0.3) is 0 Å². The highest BCUT2D eigenvalue weighted by atomic mass is 35.5. The Morgan fingerprint density at radius 1 is 1.11 bits per heavy atom. The molecule has 2 rings (SSSR count). The zero-order valence-corrected chi connectivity index (χ0v) is 11.6. The van der Waals surface area contributed by atoms with Crippen LogP contribution in [-0.4, -0.2) is 16.8 Å². The number of anilines is 2. The third kappa shape index (κ3) is 3.44. The van der Waals surface area contributed by atoms with Gasteiger partial charge in [0, 0.05) is 11.6 Å². The molecule has 0 spiro atoms. The average molecular weight is 316 g/mol. The lowest BCUT2D eigenvalue weighted by Crippen LogP contribution is -2.29. The summed E-state index contributed by atoms with van der Waals surface area (Å²) < 4.78 is 0. The summed E-state index contributed by atoms with van der Waals surface area (Å²) in [6.45, 7) is 0. The van der Waals surface area contributed by atoms with E-state index in [4.69, 9.17) is 23.2 Å². The summed E-state index contributed by atoms with van der Waals surface area (Å²) in [6, 6.07) is 4.75. The van der Waals surface area contributed by atoms with Gasteiger partial charge in [-0.05, 0) is 12.1 Å². The fourth-order valence-corrected chi connectivity index (χ4v) is 2.24. The Morgan fingerprint density at radius 3 is 2.32 bits per heavy atom. The highest BCUT2D eigenvalue weighted by Gasteiger charge is 2.17. The van der Waals surface area contributed by atoms with Crippen molar-refractivity contribution in [3.63, 3.8) is 0 Å². The van der Waals surface area contributed by atoms with Gasteiger partial charge in [-0.2, -0.15) is 0 Å². The number of nitrogens with zero attached hydrogens (tertiary/aromatic N) is 1. The van der Waals surface area contributed by atoms with E-state index >= 15 is 0 Å². The lowest BCUT2D eigenvalue weighted by molar-refractivity contribution is -0.132. The predicted octanol–water partition coefficient (Wildman–Crippen LogP) is 3.03. The van der Waals surface area contributed by atoms with Crippen molar-refractivity contribution in [1.82, 2.24) is 4.98 Å². The molecule has 0 aliphatic rings. The first-order valence-corrected chi connectivity index (χ1v) is 6.67. The van der Waals surface area contributed by atoms with Gasteiger partial charge in [0.1, 0.15) is 0 Å². The number of hydrogen-bond acceptors (Lipinski definition) is 4. The molecule has 2 N–H and O–H groups in total. The normalized spacial score (nSPS) is 10.0. The fourth-order valence-electron chi connectivity index (χ4n) is 1.23. The van der Waals surface area contributed by atoms with Crippen LogP contribution < -0.4 is 10.6 Å². The Labute approximate surface area is 122 Å². The molecule has 2 amide bonds. The molecule has 0 fully saturated rings. The van der Waals surface area contributed by atoms with Crippen molar-refractivity contribution in [3.8, 4) is 0 Å². The molecule has 19 heavy (non-hydrogen) atoms. The van der Waals surface area contributed by atoms with Gasteiger partial charge in [-0.25, -0.2) is 4.98 Å². The van der Waals surface area contributed by atoms with Crippen molar-refractivity contribution in [1.29, 1.82) is 0 Å². The molecule has 0 atom stereocenters. The fraction of sp³-hybridized carbons (Fsp3) is 0. The van der Waals surface area contributed by atoms with Gasteiger partial charge in [0.05, 0.1) is 15.7 Å². The number of carbonyl (C=O) groups excluding carboxylic acids is 2. The molecule has 5 nitrogen and oxygen atoms in total. The number of rotatable bonds is 2. The van der Waals surface area contributed by atoms with Crippen molar-refractivity contribution in [2.24, 2.45) is 0 Å². The zero-order chi connectivity index (χ0) is 13.8. The molecule has 2 aromatic rings. The standard InChI is InChI=1S/C11H7Cl2N3O2S/c12-6-2-1-3-7(13)8(6)15-9(17)10(18)16-11-14-4-5-19-11/h1-5H,(H,15,17)(H,14,16,18). The number of carbonyl (C=O) groups is 2. The van der Waals surface area contributed by atoms with E-state index in [0.29, 0.717) is 5.13 Å². The summed E-state index contributed by atoms with van der Waals surface area (Å²) in [6.07, 6.45) is 1.52. The summed E-state index contributed by atoms with van der Waals surface area (Å²) in [7, 11) is 0. The molecule has 0 bridgehead atoms. The highest BCUT2D eigenvalue weighted by Crippen LogP contribution is 2.29. The van der Waals surface area contributed by atoms with Crippen molar-refractivity contribution < 1.29 is 9.59 Å². The molecular formula is C11H7Cl2N3O2S. The topological polar surface area (TPSA) is 71.1 Å². The van der Waals surface area contributed by atoms with Gasteiger partial charge in [-0.1, -0.05) is 29.3 Å². The monoisotopic (exact) mass is 315 g/mol. The molecule has 0 unspecified atom stereocenters. The van der Waals surface area contributed by atoms with Gasteiger partial charge in [-0.15, -0.1) is 11.3 Å². The van der Waals surface area contributed by atoms with Crippen LogP contribution in [0.1, 0.15) is 0 Å². The quantitative estimate of drug-likeness (QED) is 0.837. The van der Waals surface area contributed by atoms with Gasteiger partial charge in [-0.3, -0.25) is 14.9 Å². The minimum absolute atomic E-state index is 0.199. The molecule has 0 saturated heterocycles. The van der Waals surface area contributed by atoms with Crippen LogP contribution in [0.3, 0.4) is 0 Å². The van der Waals surface area contributed by atoms with Crippen LogP contribution in [0.15, 0.2) is 29.8 Å². The van der Waals surface area contributed by atoms with Crippen LogP contribution in [-0.2, 0) is 9.59 Å². The van der Waals surface area contributed by atoms with E-state index in [9.17, 15) is 9.59 Å². The minimum Gasteiger partial charge on any atom is -0.315 e. The first-order valence-electron chi connectivity index (χ1n) is 5.04. The average Bonchev–Trinajstić information content (AvgIpc) is 2.86. The Morgan fingerprint density at radius 2 is 1.74 bits per heavy atom. The van der Waals surface area contributed by atoms with E-state index in [1.165, 1.54) is 17.5 Å². The van der Waals surface area contributed by atoms with E-state index in [0.717, 1.165) is 0 Å². The second-order valence-electron chi connectivity index (χ2n) is 3.34. The first-order chi connectivity index (χ1) is 9.08. The van der Waals surface area contributed by atoms with Crippen LogP contribution >= 0.6 is 34.5 Å². The van der Waals surface area contributed by atoms with Crippen molar-refractivity contribution in [2.75, 3.05) is 10.6 Å². The third-order valence-electron chi connectivity index (χ3n) is 2.06. The van der Waals surface area contributed by atoms with E-state index in [-0.39, 0.29) is 15.7 Å². The third-order valence-corrected chi connectivity index (χ3v) is 3.38. The first kappa shape index (κ1) is 13.8. The van der Waals surface area contributed by atoms with E-state index in [1.807, 2.05) is 0 Å². The summed E-state index contributed by atoms with van der Waals surface area (Å²) in [5, 5.41) is 7.23. The van der Waals surface area contributed by atoms with Crippen molar-refractivity contribution in [3.05, 3.63) is 39.8 Å². The lowest BCUT2D eigenvalue weighted by atomic mass is 10.3. The summed E-state index contributed by atoms with van der Waals surface area (Å²) in [5.41, 5.74) is 0.199. The number of nitrogens with one attached hydrogen (secondary N) is 2. The Kier molecular flexibility index (Phi) is 4.36. The molecule has 1 aromatic carbocycles. The molecule has 1 heterocycles. The number of benzene rings is 1. The zero-order valence-electron chi connectivity index (χ0n) is 9.31. The molecule has 0 saturated carbocycles. The lowest BCUT2D eigenvalue weighted by Gasteiger charge is -2.08. The number of aromatic nitrogens is 1. The molecule has 0 aliphatic heterocycles. The summed E-state index contributed by atoms with van der Waals surface area (Å²) in [5.74, 6) is -1.71. The number of hydrogen-bond donors (Lipinski definition) is 2. The van der Waals surface area contributed by atoms with Crippen molar-refractivity contribution >= 4 is 57.2 Å². The molecule has 8 heteroatoms. The highest BCUT2D eigenvalue weighted by molar-refractivity contribution is 7.13.